The summed E-state index contributed by atoms with van der Waals surface area (Å²) in [5, 5.41) is 18.3. The number of carbonyl (C=O) groups excluding carboxylic acids is 1. The van der Waals surface area contributed by atoms with E-state index >= 15 is 0 Å². The maximum absolute atomic E-state index is 10.5. The molecule has 7 heteroatoms. The molecule has 1 rings (SSSR count). The van der Waals surface area contributed by atoms with Crippen LogP contribution in [0.5, 0.6) is 0 Å². The fraction of sp³-hybridized carbons (Fsp3) is 0.500. The van der Waals surface area contributed by atoms with Crippen LogP contribution < -0.4 is 5.48 Å². The third kappa shape index (κ3) is 2.30. The molecule has 60 valence electrons. The summed E-state index contributed by atoms with van der Waals surface area (Å²) in [6.45, 7) is 0.361. The van der Waals surface area contributed by atoms with Crippen molar-refractivity contribution in [2.24, 2.45) is 0 Å². The fourth-order valence-corrected chi connectivity index (χ4v) is 0.555. The first-order valence-electron chi connectivity index (χ1n) is 2.96. The SMILES string of the molecule is O=C(CCn1cnnn1)NO. The number of amides is 1. The zero-order valence-corrected chi connectivity index (χ0v) is 5.64. The van der Waals surface area contributed by atoms with Crippen LogP contribution in [0.3, 0.4) is 0 Å². The van der Waals surface area contributed by atoms with Crippen molar-refractivity contribution >= 4 is 5.91 Å². The quantitative estimate of drug-likeness (QED) is 0.414. The Bertz CT molecular complexity index is 220. The van der Waals surface area contributed by atoms with Gasteiger partial charge in [-0.2, -0.15) is 0 Å². The number of rotatable bonds is 3. The number of tetrazole rings is 1. The standard InChI is InChI=1S/C4H7N5O2/c10-4(6-11)1-2-9-3-5-7-8-9/h3,11H,1-2H2,(H,6,10). The van der Waals surface area contributed by atoms with E-state index in [2.05, 4.69) is 15.5 Å². The third-order valence-corrected chi connectivity index (χ3v) is 1.08. The van der Waals surface area contributed by atoms with Crippen molar-refractivity contribution in [3.63, 3.8) is 0 Å². The normalized spacial score (nSPS) is 9.55. The van der Waals surface area contributed by atoms with Gasteiger partial charge >= 0.3 is 0 Å². The van der Waals surface area contributed by atoms with E-state index in [1.54, 1.807) is 0 Å². The maximum atomic E-state index is 10.5. The molecule has 0 bridgehead atoms. The number of aryl methyl sites for hydroxylation is 1. The maximum Gasteiger partial charge on any atom is 0.245 e. The Morgan fingerprint density at radius 1 is 1.73 bits per heavy atom. The van der Waals surface area contributed by atoms with Crippen molar-refractivity contribution in [2.45, 2.75) is 13.0 Å². The van der Waals surface area contributed by atoms with Gasteiger partial charge in [0.05, 0.1) is 6.54 Å². The van der Waals surface area contributed by atoms with Gasteiger partial charge in [0.2, 0.25) is 5.91 Å². The Hall–Kier alpha value is -1.50. The van der Waals surface area contributed by atoms with Crippen molar-refractivity contribution in [1.29, 1.82) is 0 Å². The number of hydroxylamine groups is 1. The predicted molar refractivity (Wildman–Crippen MR) is 32.4 cm³/mol. The Balaban J connectivity index is 2.29. The van der Waals surface area contributed by atoms with Crippen LogP contribution in [0.1, 0.15) is 6.42 Å². The van der Waals surface area contributed by atoms with Crippen LogP contribution in [0.4, 0.5) is 0 Å². The Labute approximate surface area is 62.0 Å². The topological polar surface area (TPSA) is 92.9 Å². The lowest BCUT2D eigenvalue weighted by Crippen LogP contribution is -2.20. The second-order valence-corrected chi connectivity index (χ2v) is 1.86. The molecule has 0 atom stereocenters. The molecule has 0 spiro atoms. The molecule has 1 amide bonds. The molecule has 2 N–H and O–H groups in total. The number of aromatic nitrogens is 4. The second kappa shape index (κ2) is 3.62. The lowest BCUT2D eigenvalue weighted by atomic mass is 10.4. The van der Waals surface area contributed by atoms with Crippen LogP contribution in [0.15, 0.2) is 6.33 Å². The first-order valence-corrected chi connectivity index (χ1v) is 2.96. The largest absolute Gasteiger partial charge is 0.289 e. The highest BCUT2D eigenvalue weighted by molar-refractivity contribution is 5.74. The van der Waals surface area contributed by atoms with E-state index in [0.29, 0.717) is 6.54 Å². The van der Waals surface area contributed by atoms with Crippen LogP contribution >= 0.6 is 0 Å². The summed E-state index contributed by atoms with van der Waals surface area (Å²) in [5.74, 6) is -0.458. The van der Waals surface area contributed by atoms with E-state index in [9.17, 15) is 4.79 Å². The van der Waals surface area contributed by atoms with E-state index in [4.69, 9.17) is 5.21 Å². The van der Waals surface area contributed by atoms with Crippen LogP contribution in [0.25, 0.3) is 0 Å². The molecule has 0 fully saturated rings. The van der Waals surface area contributed by atoms with Gasteiger partial charge < -0.3 is 0 Å². The molecule has 0 radical (unpaired) electrons. The molecule has 1 aromatic rings. The molecule has 1 heterocycles. The molecular weight excluding hydrogens is 150 g/mol. The highest BCUT2D eigenvalue weighted by atomic mass is 16.5. The van der Waals surface area contributed by atoms with Crippen LogP contribution in [0.2, 0.25) is 0 Å². The Morgan fingerprint density at radius 2 is 2.55 bits per heavy atom. The number of hydrogen-bond donors (Lipinski definition) is 2. The zero-order chi connectivity index (χ0) is 8.10. The van der Waals surface area contributed by atoms with E-state index in [-0.39, 0.29) is 6.42 Å². The number of nitrogens with one attached hydrogen (secondary N) is 1. The molecule has 7 nitrogen and oxygen atoms in total. The molecule has 0 saturated heterocycles. The predicted octanol–water partition coefficient (Wildman–Crippen LogP) is -1.43. The molecule has 0 aliphatic carbocycles. The van der Waals surface area contributed by atoms with Crippen molar-refractivity contribution in [2.75, 3.05) is 0 Å². The highest BCUT2D eigenvalue weighted by Crippen LogP contribution is 1.84. The highest BCUT2D eigenvalue weighted by Gasteiger charge is 1.99. The van der Waals surface area contributed by atoms with E-state index < -0.39 is 5.91 Å². The van der Waals surface area contributed by atoms with Gasteiger partial charge in [-0.15, -0.1) is 5.10 Å². The van der Waals surface area contributed by atoms with E-state index in [0.717, 1.165) is 0 Å². The number of carbonyl (C=O) groups is 1. The third-order valence-electron chi connectivity index (χ3n) is 1.08. The second-order valence-electron chi connectivity index (χ2n) is 1.86. The van der Waals surface area contributed by atoms with Gasteiger partial charge in [0.15, 0.2) is 0 Å². The minimum atomic E-state index is -0.458. The number of nitrogens with zero attached hydrogens (tertiary/aromatic N) is 4. The summed E-state index contributed by atoms with van der Waals surface area (Å²) >= 11 is 0. The van der Waals surface area contributed by atoms with Crippen molar-refractivity contribution < 1.29 is 10.0 Å². The molecular formula is C4H7N5O2. The van der Waals surface area contributed by atoms with Crippen molar-refractivity contribution in [3.05, 3.63) is 6.33 Å². The van der Waals surface area contributed by atoms with Crippen molar-refractivity contribution in [3.8, 4) is 0 Å². The van der Waals surface area contributed by atoms with Gasteiger partial charge in [0.25, 0.3) is 0 Å². The summed E-state index contributed by atoms with van der Waals surface area (Å²) in [5.41, 5.74) is 1.51. The molecule has 11 heavy (non-hydrogen) atoms. The average molecular weight is 157 g/mol. The van der Waals surface area contributed by atoms with E-state index in [1.165, 1.54) is 16.5 Å². The summed E-state index contributed by atoms with van der Waals surface area (Å²) in [4.78, 5) is 10.5. The molecule has 0 aromatic carbocycles. The summed E-state index contributed by atoms with van der Waals surface area (Å²) in [6, 6.07) is 0. The molecule has 0 aliphatic rings. The lowest BCUT2D eigenvalue weighted by molar-refractivity contribution is -0.129. The molecule has 0 unspecified atom stereocenters. The fourth-order valence-electron chi connectivity index (χ4n) is 0.555. The van der Waals surface area contributed by atoms with Gasteiger partial charge in [-0.05, 0) is 10.4 Å². The molecule has 1 aromatic heterocycles. The number of hydrogen-bond acceptors (Lipinski definition) is 5. The Morgan fingerprint density at radius 3 is 3.09 bits per heavy atom. The molecule has 0 aliphatic heterocycles. The summed E-state index contributed by atoms with van der Waals surface area (Å²) in [7, 11) is 0. The average Bonchev–Trinajstić information content (AvgIpc) is 2.52. The summed E-state index contributed by atoms with van der Waals surface area (Å²) in [6.07, 6.45) is 1.55. The van der Waals surface area contributed by atoms with Gasteiger partial charge in [0, 0.05) is 6.42 Å². The van der Waals surface area contributed by atoms with Gasteiger partial charge in [-0.3, -0.25) is 10.0 Å². The summed E-state index contributed by atoms with van der Waals surface area (Å²) < 4.78 is 1.40. The Kier molecular flexibility index (Phi) is 2.50. The smallest absolute Gasteiger partial charge is 0.245 e. The minimum absolute atomic E-state index is 0.154. The minimum Gasteiger partial charge on any atom is -0.289 e. The van der Waals surface area contributed by atoms with Crippen LogP contribution in [0, 0.1) is 0 Å². The first kappa shape index (κ1) is 7.61. The molecule has 0 saturated carbocycles. The lowest BCUT2D eigenvalue weighted by Gasteiger charge is -1.96. The van der Waals surface area contributed by atoms with Crippen molar-refractivity contribution in [1.82, 2.24) is 25.7 Å². The van der Waals surface area contributed by atoms with Gasteiger partial charge in [-0.1, -0.05) is 0 Å². The van der Waals surface area contributed by atoms with Gasteiger partial charge in [0.1, 0.15) is 6.33 Å². The first-order chi connectivity index (χ1) is 5.33. The monoisotopic (exact) mass is 157 g/mol. The zero-order valence-electron chi connectivity index (χ0n) is 5.64. The van der Waals surface area contributed by atoms with Gasteiger partial charge in [-0.25, -0.2) is 10.2 Å². The van der Waals surface area contributed by atoms with Crippen LogP contribution in [-0.2, 0) is 11.3 Å². The van der Waals surface area contributed by atoms with E-state index in [1.807, 2.05) is 0 Å². The van der Waals surface area contributed by atoms with Crippen LogP contribution in [-0.4, -0.2) is 31.3 Å².